The number of benzene rings is 2. The Labute approximate surface area is 104 Å². The normalized spacial score (nSPS) is 12.2. The molecule has 94 valence electrons. The molecule has 0 fully saturated rings. The minimum Gasteiger partial charge on any atom is -0.454 e. The summed E-state index contributed by atoms with van der Waals surface area (Å²) in [6.45, 7) is 1.77. The molecule has 2 rings (SSSR count). The van der Waals surface area contributed by atoms with E-state index in [9.17, 15) is 8.78 Å². The Morgan fingerprint density at radius 3 is 2.28 bits per heavy atom. The van der Waals surface area contributed by atoms with Crippen molar-refractivity contribution in [3.05, 3.63) is 59.7 Å². The highest BCUT2D eigenvalue weighted by Crippen LogP contribution is 2.26. The predicted octanol–water partition coefficient (Wildman–Crippen LogP) is 3.78. The first-order valence-electron chi connectivity index (χ1n) is 5.54. The van der Waals surface area contributed by atoms with E-state index < -0.39 is 5.82 Å². The zero-order valence-corrected chi connectivity index (χ0v) is 9.86. The molecule has 4 heteroatoms. The largest absolute Gasteiger partial charge is 0.454 e. The Bertz CT molecular complexity index is 538. The van der Waals surface area contributed by atoms with E-state index in [1.807, 2.05) is 0 Å². The van der Waals surface area contributed by atoms with Crippen LogP contribution in [-0.2, 0) is 0 Å². The molecule has 0 saturated carbocycles. The first-order valence-corrected chi connectivity index (χ1v) is 5.54. The standard InChI is InChI=1S/C14H13F2NO/c1-9(17)10-2-7-14(13(16)8-10)18-12-5-3-11(15)4-6-12/h2-9H,17H2,1H3. The van der Waals surface area contributed by atoms with Gasteiger partial charge in [-0.2, -0.15) is 0 Å². The summed E-state index contributed by atoms with van der Waals surface area (Å²) in [6.07, 6.45) is 0. The molecule has 0 bridgehead atoms. The molecule has 2 nitrogen and oxygen atoms in total. The van der Waals surface area contributed by atoms with Crippen molar-refractivity contribution < 1.29 is 13.5 Å². The molecule has 18 heavy (non-hydrogen) atoms. The lowest BCUT2D eigenvalue weighted by molar-refractivity contribution is 0.440. The van der Waals surface area contributed by atoms with Gasteiger partial charge in [-0.3, -0.25) is 0 Å². The second-order valence-electron chi connectivity index (χ2n) is 4.03. The topological polar surface area (TPSA) is 35.2 Å². The van der Waals surface area contributed by atoms with Crippen molar-refractivity contribution in [3.8, 4) is 11.5 Å². The van der Waals surface area contributed by atoms with E-state index in [0.717, 1.165) is 0 Å². The molecule has 0 spiro atoms. The number of hydrogen-bond acceptors (Lipinski definition) is 2. The van der Waals surface area contributed by atoms with Gasteiger partial charge >= 0.3 is 0 Å². The molecule has 1 unspecified atom stereocenters. The van der Waals surface area contributed by atoms with Crippen LogP contribution in [0.2, 0.25) is 0 Å². The van der Waals surface area contributed by atoms with Gasteiger partial charge in [0.15, 0.2) is 11.6 Å². The minimum atomic E-state index is -0.492. The molecule has 0 aliphatic rings. The van der Waals surface area contributed by atoms with Crippen molar-refractivity contribution in [2.75, 3.05) is 0 Å². The van der Waals surface area contributed by atoms with E-state index in [4.69, 9.17) is 10.5 Å². The third-order valence-electron chi connectivity index (χ3n) is 2.52. The molecule has 0 amide bonds. The molecule has 1 atom stereocenters. The highest BCUT2D eigenvalue weighted by Gasteiger charge is 2.08. The van der Waals surface area contributed by atoms with Gasteiger partial charge < -0.3 is 10.5 Å². The fraction of sp³-hybridized carbons (Fsp3) is 0.143. The van der Waals surface area contributed by atoms with Crippen LogP contribution in [0.5, 0.6) is 11.5 Å². The van der Waals surface area contributed by atoms with Crippen LogP contribution < -0.4 is 10.5 Å². The Hall–Kier alpha value is -1.94. The maximum absolute atomic E-state index is 13.7. The van der Waals surface area contributed by atoms with E-state index >= 15 is 0 Å². The Balaban J connectivity index is 2.22. The summed E-state index contributed by atoms with van der Waals surface area (Å²) in [4.78, 5) is 0. The zero-order valence-electron chi connectivity index (χ0n) is 9.86. The Kier molecular flexibility index (Phi) is 3.58. The average Bonchev–Trinajstić information content (AvgIpc) is 2.34. The van der Waals surface area contributed by atoms with Gasteiger partial charge in [-0.25, -0.2) is 8.78 Å². The molecular weight excluding hydrogens is 236 g/mol. The molecule has 0 saturated heterocycles. The zero-order chi connectivity index (χ0) is 13.1. The Morgan fingerprint density at radius 2 is 1.72 bits per heavy atom. The highest BCUT2D eigenvalue weighted by molar-refractivity contribution is 5.35. The summed E-state index contributed by atoms with van der Waals surface area (Å²) in [7, 11) is 0. The lowest BCUT2D eigenvalue weighted by atomic mass is 10.1. The van der Waals surface area contributed by atoms with Crippen LogP contribution in [0.25, 0.3) is 0 Å². The van der Waals surface area contributed by atoms with Gasteiger partial charge in [-0.15, -0.1) is 0 Å². The maximum Gasteiger partial charge on any atom is 0.166 e. The van der Waals surface area contributed by atoms with Crippen molar-refractivity contribution in [1.82, 2.24) is 0 Å². The van der Waals surface area contributed by atoms with E-state index in [-0.39, 0.29) is 17.6 Å². The summed E-state index contributed by atoms with van der Waals surface area (Å²) in [6, 6.07) is 9.70. The summed E-state index contributed by atoms with van der Waals surface area (Å²) in [5, 5.41) is 0. The summed E-state index contributed by atoms with van der Waals surface area (Å²) >= 11 is 0. The summed E-state index contributed by atoms with van der Waals surface area (Å²) in [5.41, 5.74) is 6.35. The fourth-order valence-corrected chi connectivity index (χ4v) is 1.51. The Morgan fingerprint density at radius 1 is 1.06 bits per heavy atom. The number of hydrogen-bond donors (Lipinski definition) is 1. The van der Waals surface area contributed by atoms with Crippen molar-refractivity contribution in [3.63, 3.8) is 0 Å². The molecule has 2 aromatic rings. The highest BCUT2D eigenvalue weighted by atomic mass is 19.1. The van der Waals surface area contributed by atoms with Gasteiger partial charge in [-0.1, -0.05) is 6.07 Å². The predicted molar refractivity (Wildman–Crippen MR) is 65.5 cm³/mol. The van der Waals surface area contributed by atoms with Gasteiger partial charge in [0.05, 0.1) is 0 Å². The van der Waals surface area contributed by atoms with E-state index in [2.05, 4.69) is 0 Å². The van der Waals surface area contributed by atoms with Gasteiger partial charge in [0, 0.05) is 6.04 Å². The van der Waals surface area contributed by atoms with Gasteiger partial charge in [0.1, 0.15) is 11.6 Å². The minimum absolute atomic E-state index is 0.0889. The van der Waals surface area contributed by atoms with Crippen molar-refractivity contribution in [2.45, 2.75) is 13.0 Å². The van der Waals surface area contributed by atoms with Crippen LogP contribution in [0.15, 0.2) is 42.5 Å². The van der Waals surface area contributed by atoms with Crippen LogP contribution in [-0.4, -0.2) is 0 Å². The van der Waals surface area contributed by atoms with E-state index in [0.29, 0.717) is 11.3 Å². The van der Waals surface area contributed by atoms with Crippen molar-refractivity contribution in [2.24, 2.45) is 5.73 Å². The van der Waals surface area contributed by atoms with Gasteiger partial charge in [-0.05, 0) is 48.9 Å². The third-order valence-corrected chi connectivity index (χ3v) is 2.52. The van der Waals surface area contributed by atoms with E-state index in [1.54, 1.807) is 13.0 Å². The molecule has 0 heterocycles. The molecule has 0 aromatic heterocycles. The summed E-state index contributed by atoms with van der Waals surface area (Å²) in [5.74, 6) is -0.390. The monoisotopic (exact) mass is 249 g/mol. The lowest BCUT2D eigenvalue weighted by Crippen LogP contribution is -2.05. The molecule has 0 radical (unpaired) electrons. The van der Waals surface area contributed by atoms with Crippen LogP contribution in [0.1, 0.15) is 18.5 Å². The first-order chi connectivity index (χ1) is 8.56. The van der Waals surface area contributed by atoms with Gasteiger partial charge in [0.25, 0.3) is 0 Å². The number of ether oxygens (including phenoxy) is 1. The fourth-order valence-electron chi connectivity index (χ4n) is 1.51. The van der Waals surface area contributed by atoms with Gasteiger partial charge in [0.2, 0.25) is 0 Å². The number of rotatable bonds is 3. The quantitative estimate of drug-likeness (QED) is 0.898. The number of halogens is 2. The summed E-state index contributed by atoms with van der Waals surface area (Å²) < 4.78 is 31.7. The van der Waals surface area contributed by atoms with Crippen molar-refractivity contribution in [1.29, 1.82) is 0 Å². The second-order valence-corrected chi connectivity index (χ2v) is 4.03. The van der Waals surface area contributed by atoms with E-state index in [1.165, 1.54) is 36.4 Å². The number of nitrogens with two attached hydrogens (primary N) is 1. The first kappa shape index (κ1) is 12.5. The molecule has 2 aromatic carbocycles. The van der Waals surface area contributed by atoms with Crippen LogP contribution in [0, 0.1) is 11.6 Å². The van der Waals surface area contributed by atoms with Crippen molar-refractivity contribution >= 4 is 0 Å². The SMILES string of the molecule is CC(N)c1ccc(Oc2ccc(F)cc2)c(F)c1. The molecule has 2 N–H and O–H groups in total. The molecule has 0 aliphatic heterocycles. The molecular formula is C14H13F2NO. The average molecular weight is 249 g/mol. The molecule has 0 aliphatic carbocycles. The maximum atomic E-state index is 13.7. The lowest BCUT2D eigenvalue weighted by Gasteiger charge is -2.10. The smallest absolute Gasteiger partial charge is 0.166 e. The van der Waals surface area contributed by atoms with Crippen LogP contribution >= 0.6 is 0 Å². The third kappa shape index (κ3) is 2.84. The van der Waals surface area contributed by atoms with Crippen LogP contribution in [0.4, 0.5) is 8.78 Å². The van der Waals surface area contributed by atoms with Crippen LogP contribution in [0.3, 0.4) is 0 Å². The second kappa shape index (κ2) is 5.14.